The van der Waals surface area contributed by atoms with Crippen LogP contribution in [-0.2, 0) is 16.1 Å². The molecule has 2 heterocycles. The van der Waals surface area contributed by atoms with E-state index < -0.39 is 0 Å². The van der Waals surface area contributed by atoms with Gasteiger partial charge in [-0.25, -0.2) is 4.98 Å². The summed E-state index contributed by atoms with van der Waals surface area (Å²) < 4.78 is 0. The van der Waals surface area contributed by atoms with Crippen LogP contribution in [0.5, 0.6) is 0 Å². The first-order valence-corrected chi connectivity index (χ1v) is 9.89. The molecule has 5 nitrogen and oxygen atoms in total. The van der Waals surface area contributed by atoms with Gasteiger partial charge in [-0.05, 0) is 30.9 Å². The number of hydrogen-bond donors (Lipinski definition) is 1. The maximum atomic E-state index is 12.6. The first-order valence-electron chi connectivity index (χ1n) is 9.07. The number of thiazole rings is 1. The summed E-state index contributed by atoms with van der Waals surface area (Å²) in [6.07, 6.45) is 3.06. The smallest absolute Gasteiger partial charge is 0.227 e. The second-order valence-electron chi connectivity index (χ2n) is 6.84. The summed E-state index contributed by atoms with van der Waals surface area (Å²) in [5.41, 5.74) is 2.12. The number of para-hydroxylation sites is 1. The average molecular weight is 372 g/mol. The Balaban J connectivity index is 1.68. The summed E-state index contributed by atoms with van der Waals surface area (Å²) in [4.78, 5) is 32.1. The molecule has 2 unspecified atom stereocenters. The molecule has 1 N–H and O–H groups in total. The van der Waals surface area contributed by atoms with Gasteiger partial charge in [0.2, 0.25) is 11.8 Å². The van der Waals surface area contributed by atoms with Crippen molar-refractivity contribution in [1.82, 2.24) is 10.3 Å². The predicted octanol–water partition coefficient (Wildman–Crippen LogP) is 3.63. The third-order valence-electron chi connectivity index (χ3n) is 4.97. The van der Waals surface area contributed by atoms with Crippen molar-refractivity contribution in [3.05, 3.63) is 45.9 Å². The third-order valence-corrected chi connectivity index (χ3v) is 5.89. The molecular weight excluding hydrogens is 346 g/mol. The second-order valence-corrected chi connectivity index (χ2v) is 8.16. The van der Waals surface area contributed by atoms with E-state index in [0.29, 0.717) is 19.0 Å². The van der Waals surface area contributed by atoms with Gasteiger partial charge in [-0.2, -0.15) is 0 Å². The van der Waals surface area contributed by atoms with Crippen molar-refractivity contribution in [2.45, 2.75) is 46.1 Å². The number of nitrogens with one attached hydrogen (secondary N) is 1. The lowest BCUT2D eigenvalue weighted by molar-refractivity contribution is -0.126. The highest BCUT2D eigenvalue weighted by atomic mass is 32.1. The number of amides is 2. The van der Waals surface area contributed by atoms with Crippen LogP contribution in [0.2, 0.25) is 0 Å². The molecule has 138 valence electrons. The Morgan fingerprint density at radius 1 is 1.42 bits per heavy atom. The first-order chi connectivity index (χ1) is 12.5. The van der Waals surface area contributed by atoms with Gasteiger partial charge in [0.25, 0.3) is 0 Å². The number of carbonyl (C=O) groups is 2. The van der Waals surface area contributed by atoms with Crippen molar-refractivity contribution in [2.24, 2.45) is 5.92 Å². The summed E-state index contributed by atoms with van der Waals surface area (Å²) >= 11 is 1.57. The SMILES string of the molecule is CCC(C)c1ccccc1N1CC(C(=O)NCc2cnc(C)s2)CC1=O. The molecule has 0 aliphatic carbocycles. The van der Waals surface area contributed by atoms with Crippen LogP contribution < -0.4 is 10.2 Å². The van der Waals surface area contributed by atoms with Gasteiger partial charge in [0.1, 0.15) is 0 Å². The second kappa shape index (κ2) is 7.99. The summed E-state index contributed by atoms with van der Waals surface area (Å²) in [6, 6.07) is 8.02. The molecule has 2 aromatic rings. The topological polar surface area (TPSA) is 62.3 Å². The van der Waals surface area contributed by atoms with Crippen molar-refractivity contribution in [3.8, 4) is 0 Å². The molecule has 1 aromatic carbocycles. The van der Waals surface area contributed by atoms with Crippen molar-refractivity contribution in [2.75, 3.05) is 11.4 Å². The number of benzene rings is 1. The minimum atomic E-state index is -0.304. The molecule has 6 heteroatoms. The number of hydrogen-bond acceptors (Lipinski definition) is 4. The van der Waals surface area contributed by atoms with E-state index in [0.717, 1.165) is 22.0 Å². The molecule has 0 bridgehead atoms. The first kappa shape index (κ1) is 18.6. The maximum absolute atomic E-state index is 12.6. The molecule has 3 rings (SSSR count). The summed E-state index contributed by atoms with van der Waals surface area (Å²) in [6.45, 7) is 7.17. The van der Waals surface area contributed by atoms with Crippen molar-refractivity contribution in [3.63, 3.8) is 0 Å². The number of nitrogens with zero attached hydrogens (tertiary/aromatic N) is 2. The van der Waals surface area contributed by atoms with Gasteiger partial charge in [-0.15, -0.1) is 11.3 Å². The summed E-state index contributed by atoms with van der Waals surface area (Å²) in [5.74, 6) is 0.0328. The quantitative estimate of drug-likeness (QED) is 0.843. The van der Waals surface area contributed by atoms with Crippen LogP contribution in [0.4, 0.5) is 5.69 Å². The Morgan fingerprint density at radius 2 is 2.19 bits per heavy atom. The maximum Gasteiger partial charge on any atom is 0.227 e. The van der Waals surface area contributed by atoms with Crippen LogP contribution in [0.25, 0.3) is 0 Å². The third kappa shape index (κ3) is 3.96. The van der Waals surface area contributed by atoms with Gasteiger partial charge in [0.05, 0.1) is 17.5 Å². The van der Waals surface area contributed by atoms with E-state index in [2.05, 4.69) is 30.2 Å². The average Bonchev–Trinajstić information content (AvgIpc) is 3.24. The molecule has 1 fully saturated rings. The standard InChI is InChI=1S/C20H25N3O2S/c1-4-13(2)17-7-5-6-8-18(17)23-12-15(9-19(23)24)20(25)22-11-16-10-21-14(3)26-16/h5-8,10,13,15H,4,9,11-12H2,1-3H3,(H,22,25). The van der Waals surface area contributed by atoms with Crippen LogP contribution in [0, 0.1) is 12.8 Å². The zero-order valence-electron chi connectivity index (χ0n) is 15.5. The van der Waals surface area contributed by atoms with Gasteiger partial charge >= 0.3 is 0 Å². The predicted molar refractivity (Wildman–Crippen MR) is 104 cm³/mol. The molecule has 1 saturated heterocycles. The fourth-order valence-electron chi connectivity index (χ4n) is 3.29. The molecule has 26 heavy (non-hydrogen) atoms. The van der Waals surface area contributed by atoms with Gasteiger partial charge in [0, 0.05) is 29.7 Å². The minimum Gasteiger partial charge on any atom is -0.351 e. The van der Waals surface area contributed by atoms with E-state index in [4.69, 9.17) is 0 Å². The number of rotatable bonds is 6. The zero-order chi connectivity index (χ0) is 18.7. The van der Waals surface area contributed by atoms with E-state index in [1.165, 1.54) is 5.56 Å². The molecule has 0 saturated carbocycles. The Bertz CT molecular complexity index is 802. The summed E-state index contributed by atoms with van der Waals surface area (Å²) in [5, 5.41) is 3.93. The van der Waals surface area contributed by atoms with Crippen LogP contribution in [-0.4, -0.2) is 23.3 Å². The van der Waals surface area contributed by atoms with E-state index in [1.54, 1.807) is 22.4 Å². The highest BCUT2D eigenvalue weighted by Crippen LogP contribution is 2.33. The van der Waals surface area contributed by atoms with Crippen molar-refractivity contribution in [1.29, 1.82) is 0 Å². The normalized spacial score (nSPS) is 18.2. The lowest BCUT2D eigenvalue weighted by atomic mass is 9.96. The van der Waals surface area contributed by atoms with Gasteiger partial charge in [-0.1, -0.05) is 32.0 Å². The number of aromatic nitrogens is 1. The highest BCUT2D eigenvalue weighted by Gasteiger charge is 2.36. The van der Waals surface area contributed by atoms with E-state index >= 15 is 0 Å². The molecule has 1 aliphatic heterocycles. The molecule has 2 atom stereocenters. The molecule has 1 aromatic heterocycles. The van der Waals surface area contributed by atoms with E-state index in [1.807, 2.05) is 25.1 Å². The van der Waals surface area contributed by atoms with Crippen LogP contribution in [0.15, 0.2) is 30.5 Å². The molecule has 2 amide bonds. The van der Waals surface area contributed by atoms with Crippen molar-refractivity contribution < 1.29 is 9.59 Å². The number of anilines is 1. The molecule has 1 aliphatic rings. The van der Waals surface area contributed by atoms with E-state index in [9.17, 15) is 9.59 Å². The zero-order valence-corrected chi connectivity index (χ0v) is 16.3. The fourth-order valence-corrected chi connectivity index (χ4v) is 4.03. The highest BCUT2D eigenvalue weighted by molar-refractivity contribution is 7.11. The Labute approximate surface area is 158 Å². The Kier molecular flexibility index (Phi) is 5.71. The lowest BCUT2D eigenvalue weighted by Gasteiger charge is -2.23. The van der Waals surface area contributed by atoms with Crippen LogP contribution >= 0.6 is 11.3 Å². The molecule has 0 spiro atoms. The summed E-state index contributed by atoms with van der Waals surface area (Å²) in [7, 11) is 0. The minimum absolute atomic E-state index is 0.0227. The van der Waals surface area contributed by atoms with Gasteiger partial charge < -0.3 is 10.2 Å². The fraction of sp³-hybridized carbons (Fsp3) is 0.450. The molecular formula is C20H25N3O2S. The van der Waals surface area contributed by atoms with Gasteiger partial charge in [0.15, 0.2) is 0 Å². The van der Waals surface area contributed by atoms with Crippen LogP contribution in [0.1, 0.15) is 48.1 Å². The number of carbonyl (C=O) groups excluding carboxylic acids is 2. The van der Waals surface area contributed by atoms with Crippen LogP contribution in [0.3, 0.4) is 0 Å². The van der Waals surface area contributed by atoms with E-state index in [-0.39, 0.29) is 24.2 Å². The monoisotopic (exact) mass is 371 g/mol. The molecule has 0 radical (unpaired) electrons. The van der Waals surface area contributed by atoms with Gasteiger partial charge in [-0.3, -0.25) is 9.59 Å². The Hall–Kier alpha value is -2.21. The Morgan fingerprint density at radius 3 is 2.88 bits per heavy atom. The largest absolute Gasteiger partial charge is 0.351 e. The number of aryl methyl sites for hydroxylation is 1. The van der Waals surface area contributed by atoms with Crippen molar-refractivity contribution >= 4 is 28.8 Å². The lowest BCUT2D eigenvalue weighted by Crippen LogP contribution is -2.32.